The van der Waals surface area contributed by atoms with Gasteiger partial charge in [-0.05, 0) is 30.2 Å². The van der Waals surface area contributed by atoms with Crippen LogP contribution in [0.5, 0.6) is 11.5 Å². The average molecular weight is 380 g/mol. The summed E-state index contributed by atoms with van der Waals surface area (Å²) in [5, 5.41) is 9.75. The van der Waals surface area contributed by atoms with E-state index in [9.17, 15) is 9.59 Å². The largest absolute Gasteiger partial charge is 0.493 e. The molecule has 2 aromatic rings. The number of methoxy groups -OCH3 is 2. The summed E-state index contributed by atoms with van der Waals surface area (Å²) in [6, 6.07) is 11.2. The number of rotatable bonds is 5. The van der Waals surface area contributed by atoms with Crippen molar-refractivity contribution in [2.75, 3.05) is 19.1 Å². The predicted octanol–water partition coefficient (Wildman–Crippen LogP) is 2.51. The maximum atomic E-state index is 13.1. The molecule has 0 unspecified atom stereocenters. The van der Waals surface area contributed by atoms with Crippen LogP contribution in [0, 0.1) is 6.92 Å². The highest BCUT2D eigenvalue weighted by Gasteiger charge is 2.54. The van der Waals surface area contributed by atoms with Crippen LogP contribution in [-0.2, 0) is 16.1 Å². The monoisotopic (exact) mass is 380 g/mol. The van der Waals surface area contributed by atoms with Crippen molar-refractivity contribution in [3.63, 3.8) is 0 Å². The lowest BCUT2D eigenvalue weighted by atomic mass is 10.1. The van der Waals surface area contributed by atoms with E-state index in [1.165, 1.54) is 14.2 Å². The number of amides is 2. The first-order chi connectivity index (χ1) is 13.5. The summed E-state index contributed by atoms with van der Waals surface area (Å²) in [6.45, 7) is 2.41. The number of benzene rings is 2. The molecule has 0 saturated carbocycles. The normalized spacial score (nSPS) is 20.7. The number of ether oxygens (including phenoxy) is 2. The van der Waals surface area contributed by atoms with Gasteiger partial charge in [-0.15, -0.1) is 0 Å². The number of aryl methyl sites for hydroxylation is 1. The fourth-order valence-electron chi connectivity index (χ4n) is 3.53. The molecule has 1 saturated heterocycles. The third kappa shape index (κ3) is 2.77. The molecule has 0 aliphatic carbocycles. The Morgan fingerprint density at radius 3 is 2.46 bits per heavy atom. The summed E-state index contributed by atoms with van der Waals surface area (Å²) in [5.74, 6) is 0.224. The van der Waals surface area contributed by atoms with Gasteiger partial charge < -0.3 is 9.47 Å². The first-order valence-corrected chi connectivity index (χ1v) is 8.87. The van der Waals surface area contributed by atoms with Gasteiger partial charge >= 0.3 is 0 Å². The van der Waals surface area contributed by atoms with E-state index in [-0.39, 0.29) is 5.91 Å². The molecule has 2 heterocycles. The van der Waals surface area contributed by atoms with Crippen molar-refractivity contribution in [2.24, 2.45) is 10.3 Å². The molecule has 2 aromatic carbocycles. The summed E-state index contributed by atoms with van der Waals surface area (Å²) in [7, 11) is 3.03. The molecule has 0 bridgehead atoms. The molecule has 2 atom stereocenters. The zero-order valence-electron chi connectivity index (χ0n) is 15.8. The van der Waals surface area contributed by atoms with E-state index in [0.717, 1.165) is 16.0 Å². The van der Waals surface area contributed by atoms with Crippen LogP contribution >= 0.6 is 0 Å². The molecule has 8 nitrogen and oxygen atoms in total. The average Bonchev–Trinajstić information content (AvgIpc) is 3.23. The van der Waals surface area contributed by atoms with E-state index in [2.05, 4.69) is 10.3 Å². The number of anilines is 1. The molecule has 2 aliphatic heterocycles. The van der Waals surface area contributed by atoms with Crippen LogP contribution in [-0.4, -0.2) is 43.1 Å². The first kappa shape index (κ1) is 18.0. The second-order valence-corrected chi connectivity index (χ2v) is 6.67. The van der Waals surface area contributed by atoms with E-state index in [0.29, 0.717) is 23.7 Å². The Morgan fingerprint density at radius 2 is 1.75 bits per heavy atom. The second-order valence-electron chi connectivity index (χ2n) is 6.67. The number of carbonyl (C=O) groups excluding carboxylic acids is 2. The summed E-state index contributed by atoms with van der Waals surface area (Å²) in [5.41, 5.74) is 2.55. The molecular weight excluding hydrogens is 360 g/mol. The molecule has 8 heteroatoms. The highest BCUT2D eigenvalue weighted by atomic mass is 16.5. The number of fused-ring (bicyclic) bond motifs is 1. The van der Waals surface area contributed by atoms with Gasteiger partial charge in [-0.25, -0.2) is 4.90 Å². The zero-order chi connectivity index (χ0) is 19.8. The Labute approximate surface area is 162 Å². The number of nitrogens with zero attached hydrogens (tertiary/aromatic N) is 4. The minimum atomic E-state index is -0.829. The van der Waals surface area contributed by atoms with Gasteiger partial charge in [-0.2, -0.15) is 5.11 Å². The highest BCUT2D eigenvalue weighted by molar-refractivity contribution is 6.25. The molecule has 0 aromatic heterocycles. The van der Waals surface area contributed by atoms with Crippen molar-refractivity contribution in [3.8, 4) is 11.5 Å². The maximum absolute atomic E-state index is 13.1. The Hall–Kier alpha value is -3.42. The van der Waals surface area contributed by atoms with Crippen molar-refractivity contribution in [1.29, 1.82) is 0 Å². The minimum Gasteiger partial charge on any atom is -0.493 e. The smallest absolute Gasteiger partial charge is 0.263 e. The molecule has 2 aliphatic rings. The maximum Gasteiger partial charge on any atom is 0.263 e. The summed E-state index contributed by atoms with van der Waals surface area (Å²) in [6.07, 6.45) is 0. The van der Waals surface area contributed by atoms with Gasteiger partial charge in [0.05, 0.1) is 26.5 Å². The molecule has 0 N–H and O–H groups in total. The summed E-state index contributed by atoms with van der Waals surface area (Å²) >= 11 is 0. The standard InChI is InChI=1S/C20H20N4O4/c1-12-6-4-5-7-13(12)11-23-18-17(21-22-23)19(25)24(20(18)26)14-8-9-15(27-2)16(10-14)28-3/h4-10,17-18H,11H2,1-3H3/t17-,18+/m1/s1. The Balaban J connectivity index is 1.62. The lowest BCUT2D eigenvalue weighted by molar-refractivity contribution is -0.123. The number of imide groups is 1. The van der Waals surface area contributed by atoms with E-state index < -0.39 is 18.0 Å². The van der Waals surface area contributed by atoms with Gasteiger partial charge in [0.1, 0.15) is 0 Å². The summed E-state index contributed by atoms with van der Waals surface area (Å²) in [4.78, 5) is 27.1. The van der Waals surface area contributed by atoms with Gasteiger partial charge in [-0.1, -0.05) is 29.5 Å². The molecule has 0 spiro atoms. The molecule has 0 radical (unpaired) electrons. The lowest BCUT2D eigenvalue weighted by Gasteiger charge is -2.21. The van der Waals surface area contributed by atoms with E-state index >= 15 is 0 Å². The van der Waals surface area contributed by atoms with Gasteiger partial charge in [-0.3, -0.25) is 14.6 Å². The SMILES string of the molecule is COc1ccc(N2C(=O)[C@@H]3[C@@H](N=NN3Cc3ccccc3C)C2=O)cc1OC. The van der Waals surface area contributed by atoms with Crippen LogP contribution in [0.4, 0.5) is 5.69 Å². The van der Waals surface area contributed by atoms with Gasteiger partial charge in [0.25, 0.3) is 11.8 Å². The fourth-order valence-corrected chi connectivity index (χ4v) is 3.53. The third-order valence-corrected chi connectivity index (χ3v) is 5.08. The topological polar surface area (TPSA) is 83.8 Å². The molecule has 28 heavy (non-hydrogen) atoms. The van der Waals surface area contributed by atoms with Crippen molar-refractivity contribution in [3.05, 3.63) is 53.6 Å². The zero-order valence-corrected chi connectivity index (χ0v) is 15.8. The molecule has 144 valence electrons. The van der Waals surface area contributed by atoms with Crippen molar-refractivity contribution in [1.82, 2.24) is 5.01 Å². The van der Waals surface area contributed by atoms with Gasteiger partial charge in [0, 0.05) is 6.07 Å². The Kier molecular flexibility index (Phi) is 4.46. The first-order valence-electron chi connectivity index (χ1n) is 8.87. The van der Waals surface area contributed by atoms with Crippen LogP contribution in [0.3, 0.4) is 0 Å². The van der Waals surface area contributed by atoms with E-state index in [1.54, 1.807) is 23.2 Å². The highest BCUT2D eigenvalue weighted by Crippen LogP contribution is 2.37. The van der Waals surface area contributed by atoms with Crippen LogP contribution in [0.25, 0.3) is 0 Å². The van der Waals surface area contributed by atoms with Crippen LogP contribution in [0.2, 0.25) is 0 Å². The van der Waals surface area contributed by atoms with Crippen molar-refractivity contribution < 1.29 is 19.1 Å². The van der Waals surface area contributed by atoms with Crippen LogP contribution in [0.15, 0.2) is 52.8 Å². The van der Waals surface area contributed by atoms with Gasteiger partial charge in [0.2, 0.25) is 0 Å². The van der Waals surface area contributed by atoms with Crippen LogP contribution in [0.1, 0.15) is 11.1 Å². The lowest BCUT2D eigenvalue weighted by Crippen LogP contribution is -2.39. The number of hydrogen-bond donors (Lipinski definition) is 0. The third-order valence-electron chi connectivity index (χ3n) is 5.08. The Morgan fingerprint density at radius 1 is 1.00 bits per heavy atom. The Bertz CT molecular complexity index is 974. The van der Waals surface area contributed by atoms with E-state index in [1.807, 2.05) is 31.2 Å². The molecular formula is C20H20N4O4. The fraction of sp³-hybridized carbons (Fsp3) is 0.300. The van der Waals surface area contributed by atoms with Gasteiger partial charge in [0.15, 0.2) is 23.6 Å². The van der Waals surface area contributed by atoms with Crippen LogP contribution < -0.4 is 14.4 Å². The van der Waals surface area contributed by atoms with Crippen molar-refractivity contribution >= 4 is 17.5 Å². The number of hydrogen-bond acceptors (Lipinski definition) is 7. The predicted molar refractivity (Wildman–Crippen MR) is 101 cm³/mol. The number of carbonyl (C=O) groups is 2. The molecule has 4 rings (SSSR count). The molecule has 2 amide bonds. The summed E-state index contributed by atoms with van der Waals surface area (Å²) < 4.78 is 10.5. The van der Waals surface area contributed by atoms with Crippen molar-refractivity contribution in [2.45, 2.75) is 25.6 Å². The van der Waals surface area contributed by atoms with E-state index in [4.69, 9.17) is 9.47 Å². The second kappa shape index (κ2) is 6.95. The minimum absolute atomic E-state index is 0.346. The molecule has 1 fully saturated rings. The quantitative estimate of drug-likeness (QED) is 0.744.